The van der Waals surface area contributed by atoms with Crippen molar-refractivity contribution in [2.24, 2.45) is 0 Å². The summed E-state index contributed by atoms with van der Waals surface area (Å²) >= 11 is 0. The number of nitrogens with zero attached hydrogens (tertiary/aromatic N) is 2. The first-order chi connectivity index (χ1) is 9.15. The number of aliphatic hydroxyl groups excluding tert-OH is 1. The van der Waals surface area contributed by atoms with Gasteiger partial charge < -0.3 is 9.84 Å². The van der Waals surface area contributed by atoms with E-state index in [0.717, 1.165) is 0 Å². The Labute approximate surface area is 110 Å². The second kappa shape index (κ2) is 5.48. The zero-order valence-electron chi connectivity index (χ0n) is 10.8. The van der Waals surface area contributed by atoms with E-state index in [1.807, 2.05) is 18.2 Å². The van der Waals surface area contributed by atoms with Gasteiger partial charge in [0.2, 0.25) is 0 Å². The molecule has 2 rings (SSSR count). The number of esters is 1. The van der Waals surface area contributed by atoms with Gasteiger partial charge in [-0.25, -0.2) is 14.8 Å². The molecule has 1 heterocycles. The van der Waals surface area contributed by atoms with Crippen LogP contribution in [0.2, 0.25) is 0 Å². The average molecular weight is 258 g/mol. The molecule has 0 bridgehead atoms. The minimum Gasteiger partial charge on any atom is -0.512 e. The van der Waals surface area contributed by atoms with Crippen molar-refractivity contribution in [2.75, 3.05) is 6.61 Å². The molecule has 19 heavy (non-hydrogen) atoms. The molecule has 2 aromatic rings. The number of hydrogen-bond acceptors (Lipinski definition) is 5. The second-order valence-electron chi connectivity index (χ2n) is 3.92. The summed E-state index contributed by atoms with van der Waals surface area (Å²) < 4.78 is 4.95. The Hall–Kier alpha value is -2.43. The monoisotopic (exact) mass is 258 g/mol. The maximum atomic E-state index is 11.9. The summed E-state index contributed by atoms with van der Waals surface area (Å²) in [5.74, 6) is -0.714. The Bertz CT molecular complexity index is 641. The molecule has 5 nitrogen and oxygen atoms in total. The highest BCUT2D eigenvalue weighted by Crippen LogP contribution is 2.24. The van der Waals surface area contributed by atoms with E-state index in [1.54, 1.807) is 13.0 Å². The summed E-state index contributed by atoms with van der Waals surface area (Å²) in [5.41, 5.74) is 1.15. The van der Waals surface area contributed by atoms with Crippen LogP contribution in [0.4, 0.5) is 0 Å². The minimum atomic E-state index is -0.591. The predicted molar refractivity (Wildman–Crippen MR) is 71.4 cm³/mol. The lowest BCUT2D eigenvalue weighted by Crippen LogP contribution is -2.10. The molecule has 0 radical (unpaired) electrons. The highest BCUT2D eigenvalue weighted by atomic mass is 16.5. The quantitative estimate of drug-likeness (QED) is 0.520. The van der Waals surface area contributed by atoms with Gasteiger partial charge in [0.05, 0.1) is 17.8 Å². The maximum absolute atomic E-state index is 11.9. The molecule has 1 N–H and O–H groups in total. The van der Waals surface area contributed by atoms with Gasteiger partial charge in [0.1, 0.15) is 17.7 Å². The minimum absolute atomic E-state index is 0.0699. The van der Waals surface area contributed by atoms with Crippen LogP contribution in [0.5, 0.6) is 0 Å². The van der Waals surface area contributed by atoms with Gasteiger partial charge in [-0.2, -0.15) is 0 Å². The van der Waals surface area contributed by atoms with Crippen LogP contribution in [0.3, 0.4) is 0 Å². The molecule has 0 fully saturated rings. The van der Waals surface area contributed by atoms with Crippen LogP contribution in [0.15, 0.2) is 36.4 Å². The Morgan fingerprint density at radius 3 is 2.74 bits per heavy atom. The Morgan fingerprint density at radius 1 is 1.32 bits per heavy atom. The van der Waals surface area contributed by atoms with E-state index in [0.29, 0.717) is 16.6 Å². The van der Waals surface area contributed by atoms with E-state index >= 15 is 0 Å². The van der Waals surface area contributed by atoms with Crippen molar-refractivity contribution in [1.29, 1.82) is 0 Å². The maximum Gasteiger partial charge on any atom is 0.343 e. The molecule has 98 valence electrons. The molecule has 0 aliphatic heterocycles. The fourth-order valence-electron chi connectivity index (χ4n) is 1.82. The molecule has 0 unspecified atom stereocenters. The summed E-state index contributed by atoms with van der Waals surface area (Å²) in [6.07, 6.45) is 1.36. The van der Waals surface area contributed by atoms with Crippen molar-refractivity contribution < 1.29 is 14.6 Å². The molecule has 1 aromatic carbocycles. The van der Waals surface area contributed by atoms with Crippen molar-refractivity contribution in [3.8, 4) is 0 Å². The molecule has 0 saturated carbocycles. The lowest BCUT2D eigenvalue weighted by atomic mass is 10.1. The SMILES string of the molecule is CCOC(=O)/C(=C(\C)O)c1ncnc2ccccc12. The number of benzene rings is 1. The standard InChI is InChI=1S/C14H14N2O3/c1-3-19-14(18)12(9(2)17)13-10-6-4-5-7-11(10)15-8-16-13/h4-8,17H,3H2,1-2H3/b12-9+. The summed E-state index contributed by atoms with van der Waals surface area (Å²) in [5, 5.41) is 10.4. The van der Waals surface area contributed by atoms with E-state index in [2.05, 4.69) is 9.97 Å². The number of hydrogen-bond donors (Lipinski definition) is 1. The number of carbonyl (C=O) groups is 1. The van der Waals surface area contributed by atoms with Crippen LogP contribution in [0.25, 0.3) is 16.5 Å². The lowest BCUT2D eigenvalue weighted by Gasteiger charge is -2.09. The highest BCUT2D eigenvalue weighted by Gasteiger charge is 2.20. The Kier molecular flexibility index (Phi) is 3.75. The second-order valence-corrected chi connectivity index (χ2v) is 3.92. The number of aromatic nitrogens is 2. The third-order valence-corrected chi connectivity index (χ3v) is 2.62. The first-order valence-corrected chi connectivity index (χ1v) is 5.92. The normalized spacial score (nSPS) is 12.1. The molecule has 0 saturated heterocycles. The Balaban J connectivity index is 2.65. The van der Waals surface area contributed by atoms with Gasteiger partial charge in [0, 0.05) is 5.39 Å². The van der Waals surface area contributed by atoms with Crippen LogP contribution >= 0.6 is 0 Å². The molecular weight excluding hydrogens is 244 g/mol. The van der Waals surface area contributed by atoms with Crippen LogP contribution in [0, 0.1) is 0 Å². The number of allylic oxidation sites excluding steroid dienone is 1. The first kappa shape index (κ1) is 13.0. The van der Waals surface area contributed by atoms with Gasteiger partial charge in [-0.3, -0.25) is 0 Å². The highest BCUT2D eigenvalue weighted by molar-refractivity contribution is 6.19. The van der Waals surface area contributed by atoms with Crippen molar-refractivity contribution in [1.82, 2.24) is 9.97 Å². The molecule has 0 aliphatic rings. The van der Waals surface area contributed by atoms with Gasteiger partial charge >= 0.3 is 5.97 Å². The van der Waals surface area contributed by atoms with Crippen molar-refractivity contribution in [3.05, 3.63) is 42.0 Å². The van der Waals surface area contributed by atoms with Gasteiger partial charge in [-0.1, -0.05) is 18.2 Å². The topological polar surface area (TPSA) is 72.3 Å². The first-order valence-electron chi connectivity index (χ1n) is 5.92. The zero-order valence-corrected chi connectivity index (χ0v) is 10.8. The smallest absolute Gasteiger partial charge is 0.343 e. The van der Waals surface area contributed by atoms with Crippen LogP contribution in [-0.2, 0) is 9.53 Å². The number of para-hydroxylation sites is 1. The number of rotatable bonds is 3. The van der Waals surface area contributed by atoms with E-state index < -0.39 is 5.97 Å². The molecule has 5 heteroatoms. The average Bonchev–Trinajstić information content (AvgIpc) is 2.39. The summed E-state index contributed by atoms with van der Waals surface area (Å²) in [6, 6.07) is 7.28. The number of ether oxygens (including phenoxy) is 1. The number of carbonyl (C=O) groups excluding carboxylic acids is 1. The summed E-state index contributed by atoms with van der Waals surface area (Å²) in [4.78, 5) is 20.2. The third-order valence-electron chi connectivity index (χ3n) is 2.62. The summed E-state index contributed by atoms with van der Waals surface area (Å²) in [7, 11) is 0. The van der Waals surface area contributed by atoms with Gasteiger partial charge in [0.15, 0.2) is 0 Å². The van der Waals surface area contributed by atoms with Crippen LogP contribution < -0.4 is 0 Å². The largest absolute Gasteiger partial charge is 0.512 e. The third kappa shape index (κ3) is 2.54. The van der Waals surface area contributed by atoms with E-state index in [-0.39, 0.29) is 17.9 Å². The predicted octanol–water partition coefficient (Wildman–Crippen LogP) is 2.48. The van der Waals surface area contributed by atoms with Crippen molar-refractivity contribution >= 4 is 22.4 Å². The zero-order chi connectivity index (χ0) is 13.8. The molecular formula is C14H14N2O3. The molecule has 0 spiro atoms. The van der Waals surface area contributed by atoms with E-state index in [9.17, 15) is 9.90 Å². The molecule has 0 atom stereocenters. The van der Waals surface area contributed by atoms with Gasteiger partial charge in [-0.15, -0.1) is 0 Å². The van der Waals surface area contributed by atoms with E-state index in [1.165, 1.54) is 13.3 Å². The van der Waals surface area contributed by atoms with Crippen molar-refractivity contribution in [3.63, 3.8) is 0 Å². The molecule has 0 amide bonds. The number of fused-ring (bicyclic) bond motifs is 1. The number of aliphatic hydroxyl groups is 1. The van der Waals surface area contributed by atoms with Gasteiger partial charge in [0.25, 0.3) is 0 Å². The lowest BCUT2D eigenvalue weighted by molar-refractivity contribution is -0.136. The van der Waals surface area contributed by atoms with Crippen molar-refractivity contribution in [2.45, 2.75) is 13.8 Å². The molecule has 1 aromatic heterocycles. The van der Waals surface area contributed by atoms with Crippen LogP contribution in [-0.4, -0.2) is 27.7 Å². The van der Waals surface area contributed by atoms with Crippen LogP contribution in [0.1, 0.15) is 19.5 Å². The fourth-order valence-corrected chi connectivity index (χ4v) is 1.82. The summed E-state index contributed by atoms with van der Waals surface area (Å²) in [6.45, 7) is 3.38. The van der Waals surface area contributed by atoms with E-state index in [4.69, 9.17) is 4.74 Å². The Morgan fingerprint density at radius 2 is 2.05 bits per heavy atom. The molecule has 0 aliphatic carbocycles. The fraction of sp³-hybridized carbons (Fsp3) is 0.214. The van der Waals surface area contributed by atoms with Gasteiger partial charge in [-0.05, 0) is 19.9 Å².